The summed E-state index contributed by atoms with van der Waals surface area (Å²) in [4.78, 5) is 15.6. The molecule has 0 saturated heterocycles. The Bertz CT molecular complexity index is 811. The van der Waals surface area contributed by atoms with Gasteiger partial charge in [-0.1, -0.05) is 19.3 Å². The first-order chi connectivity index (χ1) is 10.8. The Morgan fingerprint density at radius 1 is 1.14 bits per heavy atom. The predicted molar refractivity (Wildman–Crippen MR) is 88.5 cm³/mol. The number of carbonyl (C=O) groups excluding carboxylic acids is 1. The van der Waals surface area contributed by atoms with Crippen molar-refractivity contribution in [2.75, 3.05) is 0 Å². The summed E-state index contributed by atoms with van der Waals surface area (Å²) in [6.45, 7) is 0. The lowest BCUT2D eigenvalue weighted by molar-refractivity contribution is 0.110. The van der Waals surface area contributed by atoms with Crippen molar-refractivity contribution in [1.82, 2.24) is 4.98 Å². The van der Waals surface area contributed by atoms with E-state index in [2.05, 4.69) is 12.1 Å². The summed E-state index contributed by atoms with van der Waals surface area (Å²) in [5, 5.41) is 1.28. The number of thiazole rings is 1. The van der Waals surface area contributed by atoms with Crippen LogP contribution in [0.3, 0.4) is 0 Å². The highest BCUT2D eigenvalue weighted by Crippen LogP contribution is 2.37. The van der Waals surface area contributed by atoms with Gasteiger partial charge in [0.25, 0.3) is 0 Å². The summed E-state index contributed by atoms with van der Waals surface area (Å²) in [5.74, 6) is 1.73. The molecule has 0 N–H and O–H groups in total. The highest BCUT2D eigenvalue weighted by molar-refractivity contribution is 7.18. The van der Waals surface area contributed by atoms with Gasteiger partial charge in [0.1, 0.15) is 5.76 Å². The first kappa shape index (κ1) is 13.7. The molecular formula is C18H17NO2S. The lowest BCUT2D eigenvalue weighted by Crippen LogP contribution is -2.03. The van der Waals surface area contributed by atoms with Crippen LogP contribution in [0.4, 0.5) is 0 Å². The van der Waals surface area contributed by atoms with E-state index < -0.39 is 0 Å². The number of aromatic nitrogens is 1. The fraction of sp³-hybridized carbons (Fsp3) is 0.333. The van der Waals surface area contributed by atoms with Gasteiger partial charge in [0, 0.05) is 11.5 Å². The van der Waals surface area contributed by atoms with Crippen molar-refractivity contribution in [2.45, 2.75) is 38.0 Å². The van der Waals surface area contributed by atoms with Crippen LogP contribution in [0.5, 0.6) is 0 Å². The summed E-state index contributed by atoms with van der Waals surface area (Å²) < 4.78 is 6.70. The quantitative estimate of drug-likeness (QED) is 0.607. The van der Waals surface area contributed by atoms with E-state index in [1.807, 2.05) is 12.1 Å². The first-order valence-electron chi connectivity index (χ1n) is 7.79. The van der Waals surface area contributed by atoms with Gasteiger partial charge < -0.3 is 4.42 Å². The van der Waals surface area contributed by atoms with Crippen molar-refractivity contribution < 1.29 is 9.21 Å². The molecule has 0 amide bonds. The molecule has 4 heteroatoms. The molecular weight excluding hydrogens is 294 g/mol. The van der Waals surface area contributed by atoms with Crippen molar-refractivity contribution in [3.05, 3.63) is 41.1 Å². The fourth-order valence-corrected chi connectivity index (χ4v) is 4.37. The van der Waals surface area contributed by atoms with Crippen LogP contribution in [0.2, 0.25) is 0 Å². The van der Waals surface area contributed by atoms with Gasteiger partial charge >= 0.3 is 0 Å². The summed E-state index contributed by atoms with van der Waals surface area (Å²) in [6, 6.07) is 9.73. The molecule has 0 bridgehead atoms. The zero-order chi connectivity index (χ0) is 14.9. The molecule has 0 radical (unpaired) electrons. The number of furan rings is 1. The zero-order valence-corrected chi connectivity index (χ0v) is 13.1. The van der Waals surface area contributed by atoms with Crippen molar-refractivity contribution in [3.63, 3.8) is 0 Å². The van der Waals surface area contributed by atoms with Crippen LogP contribution in [0.15, 0.2) is 34.7 Å². The topological polar surface area (TPSA) is 43.1 Å². The van der Waals surface area contributed by atoms with E-state index in [4.69, 9.17) is 9.40 Å². The monoisotopic (exact) mass is 311 g/mol. The van der Waals surface area contributed by atoms with Gasteiger partial charge in [0.2, 0.25) is 0 Å². The summed E-state index contributed by atoms with van der Waals surface area (Å²) in [7, 11) is 0. The van der Waals surface area contributed by atoms with Crippen LogP contribution in [-0.2, 0) is 0 Å². The molecule has 3 nitrogen and oxygen atoms in total. The third-order valence-corrected chi connectivity index (χ3v) is 5.57. The molecule has 1 saturated carbocycles. The highest BCUT2D eigenvalue weighted by Gasteiger charge is 2.19. The fourth-order valence-electron chi connectivity index (χ4n) is 3.19. The van der Waals surface area contributed by atoms with Gasteiger partial charge in [0.15, 0.2) is 12.0 Å². The number of rotatable bonds is 3. The van der Waals surface area contributed by atoms with E-state index in [1.54, 1.807) is 17.4 Å². The molecule has 3 aromatic rings. The van der Waals surface area contributed by atoms with E-state index in [9.17, 15) is 4.79 Å². The maximum absolute atomic E-state index is 10.7. The molecule has 1 fully saturated rings. The van der Waals surface area contributed by atoms with Crippen LogP contribution in [-0.4, -0.2) is 11.3 Å². The zero-order valence-electron chi connectivity index (χ0n) is 12.2. The van der Waals surface area contributed by atoms with Crippen LogP contribution in [0.25, 0.3) is 21.5 Å². The third kappa shape index (κ3) is 2.48. The van der Waals surface area contributed by atoms with Crippen LogP contribution < -0.4 is 0 Å². The Morgan fingerprint density at radius 2 is 2.00 bits per heavy atom. The second-order valence-corrected chi connectivity index (χ2v) is 6.95. The molecule has 2 aromatic heterocycles. The molecule has 0 spiro atoms. The molecule has 4 rings (SSSR count). The number of hydrogen-bond donors (Lipinski definition) is 0. The predicted octanol–water partition coefficient (Wildman–Crippen LogP) is 5.42. The molecule has 0 unspecified atom stereocenters. The van der Waals surface area contributed by atoms with E-state index in [1.165, 1.54) is 41.8 Å². The van der Waals surface area contributed by atoms with Crippen molar-refractivity contribution in [3.8, 4) is 11.3 Å². The van der Waals surface area contributed by atoms with Crippen molar-refractivity contribution in [1.29, 1.82) is 0 Å². The average molecular weight is 311 g/mol. The second kappa shape index (κ2) is 5.69. The van der Waals surface area contributed by atoms with Crippen molar-refractivity contribution >= 4 is 27.8 Å². The van der Waals surface area contributed by atoms with Crippen LogP contribution in [0.1, 0.15) is 53.6 Å². The smallest absolute Gasteiger partial charge is 0.185 e. The standard InChI is InChI=1S/C18H17NO2S/c20-11-14-7-9-16(21-14)13-6-8-15-17(10-13)22-18(19-15)12-4-2-1-3-5-12/h6-12H,1-5H2. The maximum Gasteiger partial charge on any atom is 0.185 e. The van der Waals surface area contributed by atoms with E-state index in [0.29, 0.717) is 11.7 Å². The minimum absolute atomic E-state index is 0.363. The van der Waals surface area contributed by atoms with Gasteiger partial charge in [-0.2, -0.15) is 0 Å². The largest absolute Gasteiger partial charge is 0.453 e. The Labute approximate surface area is 133 Å². The lowest BCUT2D eigenvalue weighted by Gasteiger charge is -2.18. The Kier molecular flexibility index (Phi) is 3.54. The van der Waals surface area contributed by atoms with Gasteiger partial charge in [0.05, 0.1) is 15.2 Å². The van der Waals surface area contributed by atoms with Crippen molar-refractivity contribution in [2.24, 2.45) is 0 Å². The minimum atomic E-state index is 0.363. The second-order valence-electron chi connectivity index (χ2n) is 5.89. The molecule has 0 atom stereocenters. The highest BCUT2D eigenvalue weighted by atomic mass is 32.1. The molecule has 2 heterocycles. The molecule has 1 aliphatic carbocycles. The number of nitrogens with zero attached hydrogens (tertiary/aromatic N) is 1. The Hall–Kier alpha value is -1.94. The van der Waals surface area contributed by atoms with Crippen LogP contribution >= 0.6 is 11.3 Å². The normalized spacial score (nSPS) is 16.2. The number of carbonyl (C=O) groups is 1. The summed E-state index contributed by atoms with van der Waals surface area (Å²) >= 11 is 1.80. The van der Waals surface area contributed by atoms with Crippen LogP contribution in [0, 0.1) is 0 Å². The van der Waals surface area contributed by atoms with E-state index >= 15 is 0 Å². The number of hydrogen-bond acceptors (Lipinski definition) is 4. The SMILES string of the molecule is O=Cc1ccc(-c2ccc3nc(C4CCCCC4)sc3c2)o1. The van der Waals surface area contributed by atoms with Gasteiger partial charge in [-0.05, 0) is 43.2 Å². The Balaban J connectivity index is 1.69. The third-order valence-electron chi connectivity index (χ3n) is 4.39. The average Bonchev–Trinajstić information content (AvgIpc) is 3.21. The molecule has 22 heavy (non-hydrogen) atoms. The lowest BCUT2D eigenvalue weighted by atomic mass is 9.90. The molecule has 1 aromatic carbocycles. The number of benzene rings is 1. The number of aldehydes is 1. The molecule has 112 valence electrons. The summed E-state index contributed by atoms with van der Waals surface area (Å²) in [6.07, 6.45) is 7.29. The molecule has 0 aliphatic heterocycles. The van der Waals surface area contributed by atoms with Gasteiger partial charge in [-0.3, -0.25) is 4.79 Å². The first-order valence-corrected chi connectivity index (χ1v) is 8.61. The van der Waals surface area contributed by atoms with Gasteiger partial charge in [-0.25, -0.2) is 4.98 Å². The van der Waals surface area contributed by atoms with E-state index in [-0.39, 0.29) is 0 Å². The maximum atomic E-state index is 10.7. The Morgan fingerprint density at radius 3 is 2.77 bits per heavy atom. The summed E-state index contributed by atoms with van der Waals surface area (Å²) in [5.41, 5.74) is 2.07. The minimum Gasteiger partial charge on any atom is -0.453 e. The number of fused-ring (bicyclic) bond motifs is 1. The molecule has 1 aliphatic rings. The van der Waals surface area contributed by atoms with E-state index in [0.717, 1.165) is 23.1 Å². The van der Waals surface area contributed by atoms with Gasteiger partial charge in [-0.15, -0.1) is 11.3 Å².